The van der Waals surface area contributed by atoms with Gasteiger partial charge in [-0.1, -0.05) is 30.3 Å². The molecular weight excluding hydrogens is 278 g/mol. The second-order valence-electron chi connectivity index (χ2n) is 5.59. The molecule has 0 radical (unpaired) electrons. The van der Waals surface area contributed by atoms with E-state index >= 15 is 0 Å². The summed E-state index contributed by atoms with van der Waals surface area (Å²) < 4.78 is 0. The van der Waals surface area contributed by atoms with E-state index in [1.54, 1.807) is 31.2 Å². The first kappa shape index (κ1) is 14.6. The first-order chi connectivity index (χ1) is 10.6. The summed E-state index contributed by atoms with van der Waals surface area (Å²) in [6.45, 7) is 1.58. The van der Waals surface area contributed by atoms with Crippen molar-refractivity contribution >= 4 is 10.9 Å². The summed E-state index contributed by atoms with van der Waals surface area (Å²) in [6.07, 6.45) is 0.0598. The van der Waals surface area contributed by atoms with Gasteiger partial charge in [0.25, 0.3) is 0 Å². The minimum atomic E-state index is -0.941. The van der Waals surface area contributed by atoms with Crippen LogP contribution >= 0.6 is 0 Å². The smallest absolute Gasteiger partial charge is 0.115 e. The molecule has 4 heteroatoms. The van der Waals surface area contributed by atoms with E-state index in [2.05, 4.69) is 4.98 Å². The lowest BCUT2D eigenvalue weighted by molar-refractivity contribution is 0.0215. The van der Waals surface area contributed by atoms with Crippen molar-refractivity contribution in [2.24, 2.45) is 0 Å². The van der Waals surface area contributed by atoms with Crippen LogP contribution in [0.5, 0.6) is 5.75 Å². The lowest BCUT2D eigenvalue weighted by Crippen LogP contribution is -2.30. The molecule has 3 rings (SSSR count). The molecule has 0 spiro atoms. The summed E-state index contributed by atoms with van der Waals surface area (Å²) in [7, 11) is 0. The Labute approximate surface area is 128 Å². The number of para-hydroxylation sites is 1. The number of aromatic hydroxyl groups is 1. The lowest BCUT2D eigenvalue weighted by atomic mass is 9.84. The molecular formula is C18H19NO3. The van der Waals surface area contributed by atoms with E-state index in [9.17, 15) is 15.3 Å². The molecule has 22 heavy (non-hydrogen) atoms. The molecule has 1 heterocycles. The van der Waals surface area contributed by atoms with Gasteiger partial charge in [0, 0.05) is 23.0 Å². The Bertz CT molecular complexity index is 761. The molecule has 4 nitrogen and oxygen atoms in total. The fourth-order valence-electron chi connectivity index (χ4n) is 2.87. The highest BCUT2D eigenvalue weighted by Gasteiger charge is 2.28. The molecule has 0 saturated heterocycles. The van der Waals surface area contributed by atoms with Crippen LogP contribution in [0.25, 0.3) is 10.9 Å². The van der Waals surface area contributed by atoms with Crippen molar-refractivity contribution in [3.63, 3.8) is 0 Å². The summed E-state index contributed by atoms with van der Waals surface area (Å²) in [4.78, 5) is 3.20. The van der Waals surface area contributed by atoms with E-state index in [4.69, 9.17) is 0 Å². The molecule has 0 aliphatic heterocycles. The minimum absolute atomic E-state index is 0.174. The Kier molecular flexibility index (Phi) is 3.88. The number of H-pyrrole nitrogens is 1. The van der Waals surface area contributed by atoms with Crippen molar-refractivity contribution in [1.29, 1.82) is 0 Å². The van der Waals surface area contributed by atoms with Gasteiger partial charge in [-0.05, 0) is 36.2 Å². The van der Waals surface area contributed by atoms with E-state index in [1.807, 2.05) is 30.5 Å². The number of hydrogen-bond acceptors (Lipinski definition) is 3. The van der Waals surface area contributed by atoms with Crippen LogP contribution in [0, 0.1) is 0 Å². The average Bonchev–Trinajstić information content (AvgIpc) is 2.93. The van der Waals surface area contributed by atoms with Crippen LogP contribution in [0.4, 0.5) is 0 Å². The van der Waals surface area contributed by atoms with Gasteiger partial charge in [0.2, 0.25) is 0 Å². The van der Waals surface area contributed by atoms with Gasteiger partial charge in [0.1, 0.15) is 5.75 Å². The number of hydrogen-bond donors (Lipinski definition) is 4. The Morgan fingerprint density at radius 3 is 2.32 bits per heavy atom. The number of phenolic OH excluding ortho intramolecular Hbond substituents is 1. The third-order valence-corrected chi connectivity index (χ3v) is 4.04. The first-order valence-electron chi connectivity index (χ1n) is 7.29. The number of aromatic nitrogens is 1. The lowest BCUT2D eigenvalue weighted by Gasteiger charge is -2.25. The van der Waals surface area contributed by atoms with Crippen LogP contribution in [0.1, 0.15) is 24.0 Å². The number of nitrogens with one attached hydrogen (secondary N) is 1. The molecule has 3 atom stereocenters. The molecule has 0 fully saturated rings. The second-order valence-corrected chi connectivity index (χ2v) is 5.59. The molecule has 0 saturated carbocycles. The normalized spacial score (nSPS) is 15.6. The van der Waals surface area contributed by atoms with Gasteiger partial charge in [-0.2, -0.15) is 0 Å². The summed E-state index contributed by atoms with van der Waals surface area (Å²) >= 11 is 0. The molecule has 114 valence electrons. The minimum Gasteiger partial charge on any atom is -0.508 e. The number of benzene rings is 2. The quantitative estimate of drug-likeness (QED) is 0.598. The molecule has 4 N–H and O–H groups in total. The SMILES string of the molecule is CC(O)C(O)C(c1ccc(O)cc1)c1c[nH]c2ccccc12. The Morgan fingerprint density at radius 2 is 1.64 bits per heavy atom. The van der Waals surface area contributed by atoms with Gasteiger partial charge in [-0.3, -0.25) is 0 Å². The molecule has 0 aliphatic carbocycles. The maximum atomic E-state index is 10.5. The van der Waals surface area contributed by atoms with Crippen LogP contribution < -0.4 is 0 Å². The highest BCUT2D eigenvalue weighted by molar-refractivity contribution is 5.84. The van der Waals surface area contributed by atoms with Crippen molar-refractivity contribution in [2.75, 3.05) is 0 Å². The molecule has 0 bridgehead atoms. The standard InChI is InChI=1S/C18H19NO3/c1-11(20)18(22)17(12-6-8-13(21)9-7-12)15-10-19-16-5-3-2-4-14(15)16/h2-11,17-22H,1H3. The number of fused-ring (bicyclic) bond motifs is 1. The third-order valence-electron chi connectivity index (χ3n) is 4.04. The molecule has 1 aromatic heterocycles. The van der Waals surface area contributed by atoms with E-state index < -0.39 is 12.2 Å². The zero-order valence-electron chi connectivity index (χ0n) is 12.3. The molecule has 3 unspecified atom stereocenters. The largest absolute Gasteiger partial charge is 0.508 e. The van der Waals surface area contributed by atoms with Gasteiger partial charge >= 0.3 is 0 Å². The summed E-state index contributed by atoms with van der Waals surface area (Å²) in [6, 6.07) is 14.6. The average molecular weight is 297 g/mol. The summed E-state index contributed by atoms with van der Waals surface area (Å²) in [5.74, 6) is -0.204. The first-order valence-corrected chi connectivity index (χ1v) is 7.29. The van der Waals surface area contributed by atoms with Gasteiger partial charge < -0.3 is 20.3 Å². The summed E-state index contributed by atoms with van der Waals surface area (Å²) in [5.41, 5.74) is 2.75. The predicted octanol–water partition coefficient (Wildman–Crippen LogP) is 2.75. The van der Waals surface area contributed by atoms with Gasteiger partial charge in [-0.25, -0.2) is 0 Å². The van der Waals surface area contributed by atoms with E-state index in [1.165, 1.54) is 0 Å². The third kappa shape index (κ3) is 2.58. The van der Waals surface area contributed by atoms with Crippen LogP contribution in [-0.4, -0.2) is 32.5 Å². The van der Waals surface area contributed by atoms with E-state index in [-0.39, 0.29) is 11.7 Å². The fourth-order valence-corrected chi connectivity index (χ4v) is 2.87. The Hall–Kier alpha value is -2.30. The van der Waals surface area contributed by atoms with Crippen molar-refractivity contribution < 1.29 is 15.3 Å². The Morgan fingerprint density at radius 1 is 0.955 bits per heavy atom. The van der Waals surface area contributed by atoms with Gasteiger partial charge in [0.05, 0.1) is 12.2 Å². The number of aliphatic hydroxyl groups excluding tert-OH is 2. The van der Waals surface area contributed by atoms with Crippen LogP contribution in [0.3, 0.4) is 0 Å². The van der Waals surface area contributed by atoms with Crippen molar-refractivity contribution in [2.45, 2.75) is 25.0 Å². The van der Waals surface area contributed by atoms with Crippen molar-refractivity contribution in [3.8, 4) is 5.75 Å². The Balaban J connectivity index is 2.15. The van der Waals surface area contributed by atoms with Crippen LogP contribution in [0.15, 0.2) is 54.7 Å². The van der Waals surface area contributed by atoms with E-state index in [0.29, 0.717) is 0 Å². The number of aliphatic hydroxyl groups is 2. The van der Waals surface area contributed by atoms with Crippen LogP contribution in [0.2, 0.25) is 0 Å². The number of phenols is 1. The summed E-state index contributed by atoms with van der Waals surface area (Å²) in [5, 5.41) is 30.9. The zero-order chi connectivity index (χ0) is 15.7. The molecule has 2 aromatic carbocycles. The van der Waals surface area contributed by atoms with Crippen LogP contribution in [-0.2, 0) is 0 Å². The van der Waals surface area contributed by atoms with Crippen molar-refractivity contribution in [3.05, 3.63) is 65.9 Å². The highest BCUT2D eigenvalue weighted by Crippen LogP contribution is 2.35. The number of aromatic amines is 1. The monoisotopic (exact) mass is 297 g/mol. The fraction of sp³-hybridized carbons (Fsp3) is 0.222. The highest BCUT2D eigenvalue weighted by atomic mass is 16.3. The zero-order valence-corrected chi connectivity index (χ0v) is 12.3. The van der Waals surface area contributed by atoms with Crippen molar-refractivity contribution in [1.82, 2.24) is 4.98 Å². The van der Waals surface area contributed by atoms with E-state index in [0.717, 1.165) is 22.0 Å². The maximum absolute atomic E-state index is 10.5. The molecule has 0 aliphatic rings. The predicted molar refractivity (Wildman–Crippen MR) is 85.9 cm³/mol. The van der Waals surface area contributed by atoms with Gasteiger partial charge in [-0.15, -0.1) is 0 Å². The van der Waals surface area contributed by atoms with Gasteiger partial charge in [0.15, 0.2) is 0 Å². The molecule has 0 amide bonds. The maximum Gasteiger partial charge on any atom is 0.115 e. The topological polar surface area (TPSA) is 76.5 Å². The second kappa shape index (κ2) is 5.83. The number of rotatable bonds is 4. The molecule has 3 aromatic rings.